The zero-order chi connectivity index (χ0) is 28.9. The van der Waals surface area contributed by atoms with Crippen molar-refractivity contribution in [3.8, 4) is 0 Å². The summed E-state index contributed by atoms with van der Waals surface area (Å²) < 4.78 is 3.87. The molecule has 6 heteroatoms. The lowest BCUT2D eigenvalue weighted by atomic mass is 9.85. The first-order valence-corrected chi connectivity index (χ1v) is 13.9. The Morgan fingerprint density at radius 3 is 0.976 bits per heavy atom. The number of aromatic nitrogens is 4. The minimum Gasteiger partial charge on any atom is -0.373 e. The predicted octanol–water partition coefficient (Wildman–Crippen LogP) is 6.03. The average molecular weight is 551 g/mol. The summed E-state index contributed by atoms with van der Waals surface area (Å²) >= 11 is 0. The lowest BCUT2D eigenvalue weighted by Gasteiger charge is -2.29. The van der Waals surface area contributed by atoms with Gasteiger partial charge < -0.3 is 19.3 Å². The van der Waals surface area contributed by atoms with Crippen molar-refractivity contribution in [2.75, 3.05) is 0 Å². The lowest BCUT2D eigenvalue weighted by Crippen LogP contribution is -2.32. The third kappa shape index (κ3) is 3.80. The van der Waals surface area contributed by atoms with Crippen molar-refractivity contribution in [3.05, 3.63) is 167 Å². The number of rotatable bonds is 6. The van der Waals surface area contributed by atoms with Crippen LogP contribution in [0.2, 0.25) is 0 Å². The van der Waals surface area contributed by atoms with Crippen LogP contribution in [0.25, 0.3) is 22.1 Å². The number of benzene rings is 5. The molecule has 0 fully saturated rings. The van der Waals surface area contributed by atoms with E-state index in [9.17, 15) is 10.2 Å². The van der Waals surface area contributed by atoms with Crippen LogP contribution in [0, 0.1) is 0 Å². The number of fused-ring (bicyclic) bond motifs is 2. The molecule has 0 amide bonds. The van der Waals surface area contributed by atoms with Gasteiger partial charge in [-0.3, -0.25) is 0 Å². The molecule has 0 aliphatic rings. The second-order valence-electron chi connectivity index (χ2n) is 10.7. The Labute approximate surface area is 243 Å². The molecular weight excluding hydrogens is 520 g/mol. The predicted molar refractivity (Wildman–Crippen MR) is 165 cm³/mol. The van der Waals surface area contributed by atoms with Crippen LogP contribution in [0.4, 0.5) is 0 Å². The molecule has 0 unspecified atom stereocenters. The van der Waals surface area contributed by atoms with E-state index < -0.39 is 11.2 Å². The molecule has 42 heavy (non-hydrogen) atoms. The van der Waals surface area contributed by atoms with E-state index in [2.05, 4.69) is 0 Å². The summed E-state index contributed by atoms with van der Waals surface area (Å²) in [6.07, 6.45) is 0. The summed E-state index contributed by atoms with van der Waals surface area (Å²) in [4.78, 5) is 10.1. The van der Waals surface area contributed by atoms with Crippen LogP contribution < -0.4 is 0 Å². The summed E-state index contributed by atoms with van der Waals surface area (Å²) in [6, 6.07) is 42.5. The van der Waals surface area contributed by atoms with Gasteiger partial charge in [0.2, 0.25) is 0 Å². The molecule has 0 aliphatic carbocycles. The Morgan fingerprint density at radius 2 is 0.714 bits per heavy atom. The number of aryl methyl sites for hydroxylation is 2. The third-order valence-electron chi connectivity index (χ3n) is 8.30. The Bertz CT molecular complexity index is 1790. The van der Waals surface area contributed by atoms with E-state index in [-0.39, 0.29) is 0 Å². The highest BCUT2D eigenvalue weighted by Gasteiger charge is 2.40. The minimum atomic E-state index is -1.47. The summed E-state index contributed by atoms with van der Waals surface area (Å²) in [5, 5.41) is 24.8. The normalized spacial score (nSPS) is 12.3. The van der Waals surface area contributed by atoms with Crippen molar-refractivity contribution >= 4 is 22.1 Å². The second kappa shape index (κ2) is 9.80. The number of aliphatic hydroxyl groups is 2. The maximum atomic E-state index is 12.4. The molecule has 5 aromatic carbocycles. The van der Waals surface area contributed by atoms with E-state index >= 15 is 0 Å². The molecule has 6 nitrogen and oxygen atoms in total. The maximum Gasteiger partial charge on any atom is 0.173 e. The van der Waals surface area contributed by atoms with Crippen LogP contribution in [0.15, 0.2) is 133 Å². The first-order valence-electron chi connectivity index (χ1n) is 13.9. The Morgan fingerprint density at radius 1 is 0.452 bits per heavy atom. The number of hydrogen-bond donors (Lipinski definition) is 2. The van der Waals surface area contributed by atoms with Gasteiger partial charge in [0.05, 0.1) is 22.1 Å². The molecule has 0 radical (unpaired) electrons. The van der Waals surface area contributed by atoms with Gasteiger partial charge in [0.25, 0.3) is 0 Å². The van der Waals surface area contributed by atoms with Gasteiger partial charge in [0, 0.05) is 14.1 Å². The van der Waals surface area contributed by atoms with E-state index in [1.54, 1.807) is 0 Å². The van der Waals surface area contributed by atoms with Gasteiger partial charge in [-0.15, -0.1) is 0 Å². The van der Waals surface area contributed by atoms with Crippen molar-refractivity contribution in [2.24, 2.45) is 14.1 Å². The van der Waals surface area contributed by atoms with Gasteiger partial charge >= 0.3 is 0 Å². The summed E-state index contributed by atoms with van der Waals surface area (Å²) in [7, 11) is 3.84. The van der Waals surface area contributed by atoms with E-state index in [4.69, 9.17) is 9.97 Å². The fraction of sp³-hybridized carbons (Fsp3) is 0.111. The van der Waals surface area contributed by atoms with Crippen molar-refractivity contribution in [1.29, 1.82) is 0 Å². The van der Waals surface area contributed by atoms with E-state index in [1.807, 2.05) is 157 Å². The fourth-order valence-electron chi connectivity index (χ4n) is 6.09. The van der Waals surface area contributed by atoms with Crippen LogP contribution in [-0.4, -0.2) is 29.3 Å². The number of imidazole rings is 2. The smallest absolute Gasteiger partial charge is 0.173 e. The molecule has 206 valence electrons. The largest absolute Gasteiger partial charge is 0.373 e. The summed E-state index contributed by atoms with van der Waals surface area (Å²) in [5.41, 5.74) is 3.09. The highest BCUT2D eigenvalue weighted by molar-refractivity contribution is 5.92. The van der Waals surface area contributed by atoms with E-state index in [1.165, 1.54) is 0 Å². The molecular formula is C36H30N4O2. The molecule has 0 aliphatic heterocycles. The first-order chi connectivity index (χ1) is 20.4. The quantitative estimate of drug-likeness (QED) is 0.265. The highest BCUT2D eigenvalue weighted by Crippen LogP contribution is 2.40. The zero-order valence-corrected chi connectivity index (χ0v) is 23.4. The van der Waals surface area contributed by atoms with Crippen molar-refractivity contribution in [1.82, 2.24) is 19.1 Å². The van der Waals surface area contributed by atoms with Gasteiger partial charge in [-0.2, -0.15) is 0 Å². The molecule has 2 aromatic heterocycles. The molecule has 0 atom stereocenters. The number of nitrogens with zero attached hydrogens (tertiary/aromatic N) is 4. The van der Waals surface area contributed by atoms with Crippen molar-refractivity contribution in [2.45, 2.75) is 11.2 Å². The lowest BCUT2D eigenvalue weighted by molar-refractivity contribution is 0.113. The third-order valence-corrected chi connectivity index (χ3v) is 8.30. The fourth-order valence-corrected chi connectivity index (χ4v) is 6.09. The minimum absolute atomic E-state index is 0.510. The Kier molecular flexibility index (Phi) is 6.04. The topological polar surface area (TPSA) is 76.1 Å². The van der Waals surface area contributed by atoms with Crippen LogP contribution in [0.5, 0.6) is 0 Å². The van der Waals surface area contributed by atoms with Gasteiger partial charge in [-0.1, -0.05) is 121 Å². The van der Waals surface area contributed by atoms with Gasteiger partial charge in [-0.05, 0) is 34.4 Å². The zero-order valence-electron chi connectivity index (χ0n) is 23.4. The monoisotopic (exact) mass is 550 g/mol. The van der Waals surface area contributed by atoms with E-state index in [0.29, 0.717) is 11.6 Å². The SMILES string of the molecule is Cn1c(C(O)(c2ccccc2)c2ccccc2)nc2cc3c(cc21)nc(C(O)(c1ccccc1)c1ccccc1)n3C. The molecule has 0 spiro atoms. The van der Waals surface area contributed by atoms with Gasteiger partial charge in [0.1, 0.15) is 0 Å². The van der Waals surface area contributed by atoms with Crippen molar-refractivity contribution < 1.29 is 10.2 Å². The standard InChI is InChI=1S/C36H30N4O2/c1-39-31-23-30-32(40(2)34(38-30)36(42,27-19-11-5-12-20-27)28-21-13-6-14-22-28)24-29(31)37-33(39)35(41,25-15-7-3-8-16-25)26-17-9-4-10-18-26/h3-24,41-42H,1-2H3. The molecule has 7 aromatic rings. The Hall–Kier alpha value is -5.04. The molecule has 0 bridgehead atoms. The summed E-state index contributed by atoms with van der Waals surface area (Å²) in [6.45, 7) is 0. The van der Waals surface area contributed by atoms with Gasteiger partial charge in [0.15, 0.2) is 22.9 Å². The molecule has 7 rings (SSSR count). The number of hydrogen-bond acceptors (Lipinski definition) is 4. The van der Waals surface area contributed by atoms with Crippen LogP contribution in [0.1, 0.15) is 33.9 Å². The molecule has 0 saturated carbocycles. The van der Waals surface area contributed by atoms with Crippen molar-refractivity contribution in [3.63, 3.8) is 0 Å². The summed E-state index contributed by atoms with van der Waals surface area (Å²) in [5.74, 6) is 1.02. The van der Waals surface area contributed by atoms with Crippen LogP contribution in [0.3, 0.4) is 0 Å². The van der Waals surface area contributed by atoms with E-state index in [0.717, 1.165) is 44.3 Å². The Balaban J connectivity index is 1.45. The molecule has 2 N–H and O–H groups in total. The maximum absolute atomic E-state index is 12.4. The first kappa shape index (κ1) is 25.9. The van der Waals surface area contributed by atoms with Crippen LogP contribution in [-0.2, 0) is 25.3 Å². The highest BCUT2D eigenvalue weighted by atomic mass is 16.3. The van der Waals surface area contributed by atoms with Crippen LogP contribution >= 0.6 is 0 Å². The molecule has 2 heterocycles. The second-order valence-corrected chi connectivity index (χ2v) is 10.7. The average Bonchev–Trinajstić information content (AvgIpc) is 3.56. The molecule has 0 saturated heterocycles. The van der Waals surface area contributed by atoms with Gasteiger partial charge in [-0.25, -0.2) is 9.97 Å².